The summed E-state index contributed by atoms with van der Waals surface area (Å²) in [5.74, 6) is 0.843. The number of carboxylic acid groups (broad SMARTS) is 1. The van der Waals surface area contributed by atoms with E-state index in [4.69, 9.17) is 4.43 Å². The lowest BCUT2D eigenvalue weighted by Gasteiger charge is -2.45. The number of rotatable bonds is 8. The molecule has 2 aliphatic rings. The Morgan fingerprint density at radius 2 is 1.96 bits per heavy atom. The van der Waals surface area contributed by atoms with Crippen molar-refractivity contribution in [3.8, 4) is 0 Å². The second-order valence-electron chi connectivity index (χ2n) is 10.4. The van der Waals surface area contributed by atoms with E-state index in [0.717, 1.165) is 32.1 Å². The summed E-state index contributed by atoms with van der Waals surface area (Å²) in [4.78, 5) is 11.8. The normalized spacial score (nSPS) is 35.6. The van der Waals surface area contributed by atoms with Gasteiger partial charge in [0.15, 0.2) is 13.9 Å². The summed E-state index contributed by atoms with van der Waals surface area (Å²) in [6, 6.07) is 0. The highest BCUT2D eigenvalue weighted by Gasteiger charge is 2.52. The van der Waals surface area contributed by atoms with Gasteiger partial charge >= 0.3 is 5.97 Å². The van der Waals surface area contributed by atoms with Crippen molar-refractivity contribution in [1.29, 1.82) is 0 Å². The van der Waals surface area contributed by atoms with Crippen molar-refractivity contribution >= 4 is 14.3 Å². The molecule has 152 valence electrons. The van der Waals surface area contributed by atoms with Crippen LogP contribution in [0.25, 0.3) is 0 Å². The highest BCUT2D eigenvalue weighted by Crippen LogP contribution is 2.58. The largest absolute Gasteiger partial charge is 0.479 e. The molecule has 4 nitrogen and oxygen atoms in total. The smallest absolute Gasteiger partial charge is 0.334 e. The molecule has 2 saturated carbocycles. The van der Waals surface area contributed by atoms with E-state index in [9.17, 15) is 15.0 Å². The molecule has 0 bridgehead atoms. The quantitative estimate of drug-likeness (QED) is 0.574. The molecule has 2 fully saturated rings. The zero-order valence-corrected chi connectivity index (χ0v) is 18.7. The molecule has 0 heterocycles. The van der Waals surface area contributed by atoms with Crippen molar-refractivity contribution in [3.05, 3.63) is 0 Å². The maximum absolute atomic E-state index is 11.8. The summed E-state index contributed by atoms with van der Waals surface area (Å²) in [6.45, 7) is 12.6. The number of carboxylic acids is 1. The molecule has 5 heteroatoms. The summed E-state index contributed by atoms with van der Waals surface area (Å²) in [5, 5.41) is 20.1. The summed E-state index contributed by atoms with van der Waals surface area (Å²) < 4.78 is 6.02. The molecule has 0 spiro atoms. The fourth-order valence-corrected chi connectivity index (χ4v) is 7.50. The van der Waals surface area contributed by atoms with Crippen molar-refractivity contribution in [1.82, 2.24) is 0 Å². The third-order valence-electron chi connectivity index (χ3n) is 7.15. The first-order chi connectivity index (χ1) is 11.9. The lowest BCUT2D eigenvalue weighted by molar-refractivity contribution is -0.155. The molecule has 26 heavy (non-hydrogen) atoms. The van der Waals surface area contributed by atoms with Crippen LogP contribution >= 0.6 is 0 Å². The minimum Gasteiger partial charge on any atom is -0.479 e. The van der Waals surface area contributed by atoms with Gasteiger partial charge in [-0.1, -0.05) is 26.7 Å². The molecular formula is C21H40O4Si. The maximum atomic E-state index is 11.8. The fraction of sp³-hybridized carbons (Fsp3) is 0.952. The van der Waals surface area contributed by atoms with Gasteiger partial charge in [0.25, 0.3) is 0 Å². The SMILES string of the molecule is C[C@H](CCC[C@@](C)(O[Si](C)(C)C)C(=O)O)[C@H]1CCC2C(O)CCC[C@]21C. The molecule has 0 aromatic heterocycles. The average Bonchev–Trinajstić information content (AvgIpc) is 2.83. The van der Waals surface area contributed by atoms with Gasteiger partial charge in [0.2, 0.25) is 0 Å². The Morgan fingerprint density at radius 1 is 1.31 bits per heavy atom. The topological polar surface area (TPSA) is 66.8 Å². The Bertz CT molecular complexity index is 503. The second-order valence-corrected chi connectivity index (χ2v) is 14.8. The van der Waals surface area contributed by atoms with Gasteiger partial charge in [0, 0.05) is 0 Å². The molecular weight excluding hydrogens is 344 g/mol. The Labute approximate surface area is 160 Å². The van der Waals surface area contributed by atoms with E-state index in [1.165, 1.54) is 12.8 Å². The highest BCUT2D eigenvalue weighted by molar-refractivity contribution is 6.70. The first-order valence-electron chi connectivity index (χ1n) is 10.5. The lowest BCUT2D eigenvalue weighted by Crippen LogP contribution is -2.46. The Balaban J connectivity index is 1.94. The molecule has 0 saturated heterocycles. The van der Waals surface area contributed by atoms with Crippen LogP contribution in [-0.2, 0) is 9.22 Å². The Morgan fingerprint density at radius 3 is 2.54 bits per heavy atom. The molecule has 2 N–H and O–H groups in total. The number of carbonyl (C=O) groups is 1. The van der Waals surface area contributed by atoms with Crippen LogP contribution in [0.5, 0.6) is 0 Å². The van der Waals surface area contributed by atoms with Crippen LogP contribution in [0.3, 0.4) is 0 Å². The van der Waals surface area contributed by atoms with Gasteiger partial charge in [-0.25, -0.2) is 4.79 Å². The van der Waals surface area contributed by atoms with Crippen molar-refractivity contribution in [2.75, 3.05) is 0 Å². The third-order valence-corrected chi connectivity index (χ3v) is 8.21. The molecule has 0 aliphatic heterocycles. The van der Waals surface area contributed by atoms with Gasteiger partial charge in [-0.2, -0.15) is 0 Å². The van der Waals surface area contributed by atoms with E-state index in [0.29, 0.717) is 24.2 Å². The van der Waals surface area contributed by atoms with E-state index in [1.807, 2.05) is 19.6 Å². The van der Waals surface area contributed by atoms with Gasteiger partial charge in [0.1, 0.15) is 0 Å². The van der Waals surface area contributed by atoms with Crippen LogP contribution in [0.15, 0.2) is 0 Å². The minimum atomic E-state index is -1.91. The number of hydrogen-bond donors (Lipinski definition) is 2. The van der Waals surface area contributed by atoms with E-state index in [1.54, 1.807) is 6.92 Å². The first kappa shape index (κ1) is 21.9. The Kier molecular flexibility index (Phi) is 6.67. The molecule has 2 rings (SSSR count). The number of aliphatic hydroxyl groups excluding tert-OH is 1. The van der Waals surface area contributed by atoms with Gasteiger partial charge < -0.3 is 14.6 Å². The summed E-state index contributed by atoms with van der Waals surface area (Å²) in [6.07, 6.45) is 8.08. The van der Waals surface area contributed by atoms with E-state index in [2.05, 4.69) is 13.8 Å². The van der Waals surface area contributed by atoms with Gasteiger partial charge in [-0.3, -0.25) is 0 Å². The maximum Gasteiger partial charge on any atom is 0.334 e. The van der Waals surface area contributed by atoms with Gasteiger partial charge in [0.05, 0.1) is 6.10 Å². The van der Waals surface area contributed by atoms with Crippen LogP contribution in [0.4, 0.5) is 0 Å². The van der Waals surface area contributed by atoms with Crippen LogP contribution in [0.1, 0.15) is 72.1 Å². The van der Waals surface area contributed by atoms with Gasteiger partial charge in [-0.15, -0.1) is 0 Å². The molecule has 2 unspecified atom stereocenters. The van der Waals surface area contributed by atoms with Gasteiger partial charge in [-0.05, 0) is 88.3 Å². The summed E-state index contributed by atoms with van der Waals surface area (Å²) >= 11 is 0. The van der Waals surface area contributed by atoms with Crippen molar-refractivity contribution < 1.29 is 19.4 Å². The van der Waals surface area contributed by atoms with Crippen LogP contribution in [0, 0.1) is 23.2 Å². The molecule has 0 radical (unpaired) electrons. The minimum absolute atomic E-state index is 0.119. The van der Waals surface area contributed by atoms with E-state index in [-0.39, 0.29) is 11.5 Å². The molecule has 2 aliphatic carbocycles. The lowest BCUT2D eigenvalue weighted by atomic mass is 9.61. The number of aliphatic carboxylic acids is 1. The Hall–Kier alpha value is -0.393. The number of hydrogen-bond acceptors (Lipinski definition) is 3. The standard InChI is InChI=1S/C21H40O4Si/c1-15(9-7-14-21(3,19(23)24)25-26(4,5)6)16-11-12-17-18(22)10-8-13-20(16,17)2/h15-18,22H,7-14H2,1-6H3,(H,23,24)/t15-,16-,17?,18?,20+,21-/m1/s1. The molecule has 0 aromatic carbocycles. The predicted molar refractivity (Wildman–Crippen MR) is 108 cm³/mol. The fourth-order valence-electron chi connectivity index (χ4n) is 5.96. The van der Waals surface area contributed by atoms with Crippen LogP contribution < -0.4 is 0 Å². The number of aliphatic hydroxyl groups is 1. The monoisotopic (exact) mass is 384 g/mol. The van der Waals surface area contributed by atoms with E-state index < -0.39 is 19.9 Å². The van der Waals surface area contributed by atoms with Crippen molar-refractivity contribution in [2.45, 2.75) is 103 Å². The first-order valence-corrected chi connectivity index (χ1v) is 13.9. The summed E-state index contributed by atoms with van der Waals surface area (Å²) in [5.41, 5.74) is -0.796. The predicted octanol–water partition coefficient (Wildman–Crippen LogP) is 5.06. The zero-order valence-electron chi connectivity index (χ0n) is 17.7. The van der Waals surface area contributed by atoms with Crippen molar-refractivity contribution in [3.63, 3.8) is 0 Å². The molecule has 0 aromatic rings. The van der Waals surface area contributed by atoms with Crippen LogP contribution in [-0.4, -0.2) is 36.2 Å². The summed E-state index contributed by atoms with van der Waals surface area (Å²) in [7, 11) is -1.91. The third kappa shape index (κ3) is 4.71. The van der Waals surface area contributed by atoms with E-state index >= 15 is 0 Å². The second kappa shape index (κ2) is 7.92. The van der Waals surface area contributed by atoms with Crippen molar-refractivity contribution in [2.24, 2.45) is 23.2 Å². The number of fused-ring (bicyclic) bond motifs is 1. The molecule has 0 amide bonds. The average molecular weight is 385 g/mol. The molecule has 6 atom stereocenters. The highest BCUT2D eigenvalue weighted by atomic mass is 28.4. The van der Waals surface area contributed by atoms with Crippen LogP contribution in [0.2, 0.25) is 19.6 Å². The zero-order chi connectivity index (χ0) is 19.8.